The molecular weight excluding hydrogens is 288 g/mol. The largest absolute Gasteiger partial charge is 0.333 e. The smallest absolute Gasteiger partial charge is 0.328 e. The molecule has 0 saturated carbocycles. The van der Waals surface area contributed by atoms with Crippen molar-refractivity contribution in [2.75, 3.05) is 0 Å². The van der Waals surface area contributed by atoms with Crippen molar-refractivity contribution in [3.8, 4) is 0 Å². The molecule has 0 saturated heterocycles. The molecule has 0 atom stereocenters. The van der Waals surface area contributed by atoms with E-state index in [0.717, 1.165) is 11.1 Å². The number of rotatable bonds is 4. The monoisotopic (exact) mass is 304 g/mol. The fraction of sp³-hybridized carbons (Fsp3) is 0.133. The lowest BCUT2D eigenvalue weighted by molar-refractivity contribution is 0.245. The summed E-state index contributed by atoms with van der Waals surface area (Å²) in [6.45, 7) is 2.05. The topological polar surface area (TPSA) is 75.3 Å². The second-order valence-electron chi connectivity index (χ2n) is 4.59. The third-order valence-electron chi connectivity index (χ3n) is 2.82. The molecule has 2 amide bonds. The molecule has 0 aliphatic heterocycles. The number of benzene rings is 2. The van der Waals surface area contributed by atoms with Crippen LogP contribution in [0.4, 0.5) is 4.79 Å². The van der Waals surface area contributed by atoms with Gasteiger partial charge in [-0.2, -0.15) is 0 Å². The van der Waals surface area contributed by atoms with Gasteiger partial charge in [0.1, 0.15) is 0 Å². The standard InChI is InChI=1S/C15H16N2O3S/c1-12-6-5-9-14(10-12)21(19,20)17-15(18)16-11-13-7-3-2-4-8-13/h2-10H,11H2,1H3,(H2,16,17,18). The lowest BCUT2D eigenvalue weighted by atomic mass is 10.2. The van der Waals surface area contributed by atoms with Crippen LogP contribution in [0.25, 0.3) is 0 Å². The second-order valence-corrected chi connectivity index (χ2v) is 6.27. The fourth-order valence-corrected chi connectivity index (χ4v) is 2.81. The van der Waals surface area contributed by atoms with E-state index < -0.39 is 16.1 Å². The molecule has 5 nitrogen and oxygen atoms in total. The van der Waals surface area contributed by atoms with Crippen molar-refractivity contribution in [2.24, 2.45) is 0 Å². The van der Waals surface area contributed by atoms with Gasteiger partial charge < -0.3 is 5.32 Å². The molecular formula is C15H16N2O3S. The first-order chi connectivity index (χ1) is 9.97. The Bertz CT molecular complexity index is 728. The first-order valence-corrected chi connectivity index (χ1v) is 7.87. The molecule has 21 heavy (non-hydrogen) atoms. The summed E-state index contributed by atoms with van der Waals surface area (Å²) in [5, 5.41) is 2.51. The average molecular weight is 304 g/mol. The summed E-state index contributed by atoms with van der Waals surface area (Å²) >= 11 is 0. The third-order valence-corrected chi connectivity index (χ3v) is 4.15. The molecule has 0 unspecified atom stereocenters. The van der Waals surface area contributed by atoms with E-state index in [2.05, 4.69) is 5.32 Å². The molecule has 2 aromatic rings. The third kappa shape index (κ3) is 4.32. The summed E-state index contributed by atoms with van der Waals surface area (Å²) in [6.07, 6.45) is 0. The number of carbonyl (C=O) groups excluding carboxylic acids is 1. The molecule has 0 bridgehead atoms. The minimum absolute atomic E-state index is 0.0670. The maximum absolute atomic E-state index is 12.0. The Morgan fingerprint density at radius 3 is 2.43 bits per heavy atom. The Morgan fingerprint density at radius 1 is 1.05 bits per heavy atom. The quantitative estimate of drug-likeness (QED) is 0.909. The molecule has 2 aromatic carbocycles. The zero-order valence-corrected chi connectivity index (χ0v) is 12.4. The minimum Gasteiger partial charge on any atom is -0.333 e. The maximum Gasteiger partial charge on any atom is 0.328 e. The molecule has 2 rings (SSSR count). The van der Waals surface area contributed by atoms with Crippen LogP contribution < -0.4 is 10.0 Å². The highest BCUT2D eigenvalue weighted by atomic mass is 32.2. The van der Waals surface area contributed by atoms with E-state index in [1.807, 2.05) is 35.1 Å². The van der Waals surface area contributed by atoms with E-state index in [1.54, 1.807) is 19.1 Å². The van der Waals surface area contributed by atoms with Crippen molar-refractivity contribution in [2.45, 2.75) is 18.4 Å². The lowest BCUT2D eigenvalue weighted by Crippen LogP contribution is -2.39. The van der Waals surface area contributed by atoms with Gasteiger partial charge >= 0.3 is 6.03 Å². The molecule has 0 aromatic heterocycles. The van der Waals surface area contributed by atoms with Gasteiger partial charge in [-0.05, 0) is 30.2 Å². The van der Waals surface area contributed by atoms with Gasteiger partial charge in [0.15, 0.2) is 0 Å². The van der Waals surface area contributed by atoms with Crippen LogP contribution in [-0.4, -0.2) is 14.4 Å². The van der Waals surface area contributed by atoms with Crippen molar-refractivity contribution in [1.29, 1.82) is 0 Å². The van der Waals surface area contributed by atoms with Crippen LogP contribution in [0.2, 0.25) is 0 Å². The van der Waals surface area contributed by atoms with Crippen LogP contribution in [0, 0.1) is 6.92 Å². The number of amides is 2. The number of hydrogen-bond donors (Lipinski definition) is 2. The molecule has 0 aliphatic carbocycles. The van der Waals surface area contributed by atoms with E-state index in [9.17, 15) is 13.2 Å². The summed E-state index contributed by atoms with van der Waals surface area (Å²) in [5.74, 6) is 0. The van der Waals surface area contributed by atoms with Crippen LogP contribution in [0.1, 0.15) is 11.1 Å². The normalized spacial score (nSPS) is 10.9. The first kappa shape index (κ1) is 15.1. The Hall–Kier alpha value is -2.34. The molecule has 0 radical (unpaired) electrons. The van der Waals surface area contributed by atoms with Gasteiger partial charge in [0, 0.05) is 6.54 Å². The summed E-state index contributed by atoms with van der Waals surface area (Å²) < 4.78 is 26.1. The van der Waals surface area contributed by atoms with Gasteiger partial charge in [0.2, 0.25) is 0 Å². The summed E-state index contributed by atoms with van der Waals surface area (Å²) in [4.78, 5) is 11.8. The van der Waals surface area contributed by atoms with Crippen LogP contribution in [0.5, 0.6) is 0 Å². The average Bonchev–Trinajstić information content (AvgIpc) is 2.46. The molecule has 0 fully saturated rings. The second kappa shape index (κ2) is 6.41. The predicted octanol–water partition coefficient (Wildman–Crippen LogP) is 2.18. The summed E-state index contributed by atoms with van der Waals surface area (Å²) in [5.41, 5.74) is 1.70. The van der Waals surface area contributed by atoms with Gasteiger partial charge in [-0.3, -0.25) is 0 Å². The van der Waals surface area contributed by atoms with Crippen molar-refractivity contribution >= 4 is 16.1 Å². The SMILES string of the molecule is Cc1cccc(S(=O)(=O)NC(=O)NCc2ccccc2)c1. The van der Waals surface area contributed by atoms with E-state index in [4.69, 9.17) is 0 Å². The summed E-state index contributed by atoms with van der Waals surface area (Å²) in [6, 6.07) is 14.9. The van der Waals surface area contributed by atoms with Crippen molar-refractivity contribution in [1.82, 2.24) is 10.0 Å². The molecule has 2 N–H and O–H groups in total. The number of hydrogen-bond acceptors (Lipinski definition) is 3. The summed E-state index contributed by atoms with van der Waals surface area (Å²) in [7, 11) is -3.85. The lowest BCUT2D eigenvalue weighted by Gasteiger charge is -2.09. The van der Waals surface area contributed by atoms with E-state index in [0.29, 0.717) is 0 Å². The van der Waals surface area contributed by atoms with Gasteiger partial charge in [0.05, 0.1) is 4.90 Å². The molecule has 0 heterocycles. The highest BCUT2D eigenvalue weighted by Gasteiger charge is 2.17. The van der Waals surface area contributed by atoms with Crippen molar-refractivity contribution < 1.29 is 13.2 Å². The van der Waals surface area contributed by atoms with Crippen LogP contribution in [0.15, 0.2) is 59.5 Å². The van der Waals surface area contributed by atoms with Gasteiger partial charge in [-0.1, -0.05) is 42.5 Å². The highest BCUT2D eigenvalue weighted by Crippen LogP contribution is 2.10. The zero-order valence-electron chi connectivity index (χ0n) is 11.5. The molecule has 110 valence electrons. The number of sulfonamides is 1. The predicted molar refractivity (Wildman–Crippen MR) is 80.2 cm³/mol. The number of urea groups is 1. The van der Waals surface area contributed by atoms with Crippen LogP contribution >= 0.6 is 0 Å². The highest BCUT2D eigenvalue weighted by molar-refractivity contribution is 7.90. The number of aryl methyl sites for hydroxylation is 1. The fourth-order valence-electron chi connectivity index (χ4n) is 1.78. The minimum atomic E-state index is -3.85. The van der Waals surface area contributed by atoms with Gasteiger partial charge in [-0.25, -0.2) is 17.9 Å². The molecule has 0 aliphatic rings. The van der Waals surface area contributed by atoms with E-state index in [1.165, 1.54) is 12.1 Å². The molecule has 0 spiro atoms. The van der Waals surface area contributed by atoms with Crippen LogP contribution in [-0.2, 0) is 16.6 Å². The Balaban J connectivity index is 1.99. The van der Waals surface area contributed by atoms with Gasteiger partial charge in [-0.15, -0.1) is 0 Å². The zero-order chi connectivity index (χ0) is 15.3. The maximum atomic E-state index is 12.0. The van der Waals surface area contributed by atoms with Crippen molar-refractivity contribution in [3.05, 3.63) is 65.7 Å². The first-order valence-electron chi connectivity index (χ1n) is 6.38. The Morgan fingerprint density at radius 2 is 1.76 bits per heavy atom. The van der Waals surface area contributed by atoms with Gasteiger partial charge in [0.25, 0.3) is 10.0 Å². The Labute approximate surface area is 124 Å². The molecule has 6 heteroatoms. The number of carbonyl (C=O) groups is 1. The van der Waals surface area contributed by atoms with E-state index in [-0.39, 0.29) is 11.4 Å². The van der Waals surface area contributed by atoms with E-state index >= 15 is 0 Å². The Kier molecular flexibility index (Phi) is 4.59. The van der Waals surface area contributed by atoms with Crippen molar-refractivity contribution in [3.63, 3.8) is 0 Å². The van der Waals surface area contributed by atoms with Crippen LogP contribution in [0.3, 0.4) is 0 Å². The number of nitrogens with one attached hydrogen (secondary N) is 2.